The normalized spacial score (nSPS) is 9.55. The number of carbonyl (C=O) groups excluding carboxylic acids is 1. The van der Waals surface area contributed by atoms with Crippen molar-refractivity contribution in [3.05, 3.63) is 22.4 Å². The van der Waals surface area contributed by atoms with E-state index in [0.717, 1.165) is 0 Å². The van der Waals surface area contributed by atoms with Crippen molar-refractivity contribution in [2.75, 3.05) is 13.2 Å². The van der Waals surface area contributed by atoms with Crippen LogP contribution >= 0.6 is 11.3 Å². The molecule has 0 fully saturated rings. The molecule has 0 aliphatic rings. The second-order valence-corrected chi connectivity index (χ2v) is 2.90. The minimum Gasteiger partial charge on any atom is -0.395 e. The van der Waals surface area contributed by atoms with Crippen molar-refractivity contribution in [1.82, 2.24) is 5.32 Å². The first kappa shape index (κ1) is 8.23. The third-order valence-corrected chi connectivity index (χ3v) is 2.01. The summed E-state index contributed by atoms with van der Waals surface area (Å²) in [7, 11) is 0. The summed E-state index contributed by atoms with van der Waals surface area (Å²) in [5.41, 5.74) is 0. The highest BCUT2D eigenvalue weighted by molar-refractivity contribution is 7.12. The molecule has 1 aromatic rings. The molecular formula is C7H9NO2S. The van der Waals surface area contributed by atoms with E-state index in [4.69, 9.17) is 5.11 Å². The zero-order chi connectivity index (χ0) is 8.10. The van der Waals surface area contributed by atoms with E-state index in [-0.39, 0.29) is 12.5 Å². The molecule has 2 N–H and O–H groups in total. The number of aliphatic hydroxyl groups is 1. The van der Waals surface area contributed by atoms with Gasteiger partial charge in [0, 0.05) is 6.54 Å². The van der Waals surface area contributed by atoms with Crippen molar-refractivity contribution in [2.24, 2.45) is 0 Å². The van der Waals surface area contributed by atoms with Crippen LogP contribution in [0.2, 0.25) is 0 Å². The van der Waals surface area contributed by atoms with Crippen LogP contribution in [0.4, 0.5) is 0 Å². The largest absolute Gasteiger partial charge is 0.395 e. The molecule has 0 spiro atoms. The fraction of sp³-hybridized carbons (Fsp3) is 0.286. The van der Waals surface area contributed by atoms with Crippen LogP contribution in [0.25, 0.3) is 0 Å². The van der Waals surface area contributed by atoms with E-state index in [2.05, 4.69) is 5.32 Å². The Balaban J connectivity index is 2.43. The topological polar surface area (TPSA) is 49.3 Å². The molecule has 4 heteroatoms. The summed E-state index contributed by atoms with van der Waals surface area (Å²) in [6.45, 7) is 0.299. The lowest BCUT2D eigenvalue weighted by Gasteiger charge is -1.98. The Morgan fingerprint density at radius 1 is 1.73 bits per heavy atom. The smallest absolute Gasteiger partial charge is 0.261 e. The molecule has 11 heavy (non-hydrogen) atoms. The molecular weight excluding hydrogens is 162 g/mol. The van der Waals surface area contributed by atoms with Crippen molar-refractivity contribution >= 4 is 17.2 Å². The molecule has 0 saturated heterocycles. The monoisotopic (exact) mass is 171 g/mol. The Kier molecular flexibility index (Phi) is 3.07. The molecule has 60 valence electrons. The molecule has 0 aromatic carbocycles. The van der Waals surface area contributed by atoms with Crippen LogP contribution in [0, 0.1) is 0 Å². The molecule has 0 radical (unpaired) electrons. The summed E-state index contributed by atoms with van der Waals surface area (Å²) in [4.78, 5) is 11.7. The average Bonchev–Trinajstić information content (AvgIpc) is 2.52. The third kappa shape index (κ3) is 2.32. The van der Waals surface area contributed by atoms with Crippen LogP contribution in [-0.4, -0.2) is 24.2 Å². The van der Waals surface area contributed by atoms with Gasteiger partial charge in [0.15, 0.2) is 0 Å². The maximum absolute atomic E-state index is 11.1. The molecule has 1 amide bonds. The molecule has 3 nitrogen and oxygen atoms in total. The van der Waals surface area contributed by atoms with Crippen molar-refractivity contribution < 1.29 is 9.90 Å². The molecule has 0 saturated carbocycles. The first-order chi connectivity index (χ1) is 5.34. The molecule has 1 aromatic heterocycles. The predicted molar refractivity (Wildman–Crippen MR) is 43.7 cm³/mol. The Labute approximate surface area is 68.7 Å². The highest BCUT2D eigenvalue weighted by Crippen LogP contribution is 2.07. The summed E-state index contributed by atoms with van der Waals surface area (Å²) < 4.78 is 0. The summed E-state index contributed by atoms with van der Waals surface area (Å²) in [6, 6.07) is 3.57. The van der Waals surface area contributed by atoms with Crippen molar-refractivity contribution in [3.8, 4) is 0 Å². The second kappa shape index (κ2) is 4.10. The maximum atomic E-state index is 11.1. The van der Waals surface area contributed by atoms with Gasteiger partial charge in [0.25, 0.3) is 5.91 Å². The number of hydrogen-bond acceptors (Lipinski definition) is 3. The van der Waals surface area contributed by atoms with Crippen LogP contribution < -0.4 is 5.32 Å². The molecule has 1 heterocycles. The lowest BCUT2D eigenvalue weighted by molar-refractivity contribution is 0.0949. The van der Waals surface area contributed by atoms with E-state index >= 15 is 0 Å². The van der Waals surface area contributed by atoms with E-state index in [1.54, 1.807) is 6.07 Å². The molecule has 0 aliphatic carbocycles. The number of amides is 1. The van der Waals surface area contributed by atoms with Gasteiger partial charge in [-0.15, -0.1) is 11.3 Å². The van der Waals surface area contributed by atoms with Gasteiger partial charge in [-0.1, -0.05) is 6.07 Å². The summed E-state index contributed by atoms with van der Waals surface area (Å²) >= 11 is 1.39. The van der Waals surface area contributed by atoms with E-state index in [0.29, 0.717) is 11.4 Å². The highest BCUT2D eigenvalue weighted by Gasteiger charge is 2.03. The quantitative estimate of drug-likeness (QED) is 0.694. The summed E-state index contributed by atoms with van der Waals surface area (Å²) in [6.07, 6.45) is 0. The second-order valence-electron chi connectivity index (χ2n) is 1.96. The van der Waals surface area contributed by atoms with Crippen molar-refractivity contribution in [3.63, 3.8) is 0 Å². The summed E-state index contributed by atoms with van der Waals surface area (Å²) in [5, 5.41) is 12.8. The lowest BCUT2D eigenvalue weighted by atomic mass is 10.4. The first-order valence-electron chi connectivity index (χ1n) is 3.27. The molecule has 0 bridgehead atoms. The Morgan fingerprint density at radius 3 is 3.09 bits per heavy atom. The van der Waals surface area contributed by atoms with Gasteiger partial charge in [0.05, 0.1) is 11.5 Å². The third-order valence-electron chi connectivity index (χ3n) is 1.14. The average molecular weight is 171 g/mol. The van der Waals surface area contributed by atoms with E-state index in [1.807, 2.05) is 11.4 Å². The molecule has 0 atom stereocenters. The fourth-order valence-electron chi connectivity index (χ4n) is 0.664. The van der Waals surface area contributed by atoms with Gasteiger partial charge in [-0.2, -0.15) is 0 Å². The van der Waals surface area contributed by atoms with Crippen molar-refractivity contribution in [2.45, 2.75) is 0 Å². The maximum Gasteiger partial charge on any atom is 0.261 e. The fourth-order valence-corrected chi connectivity index (χ4v) is 1.30. The van der Waals surface area contributed by atoms with Gasteiger partial charge < -0.3 is 10.4 Å². The van der Waals surface area contributed by atoms with Gasteiger partial charge in [-0.25, -0.2) is 0 Å². The van der Waals surface area contributed by atoms with Gasteiger partial charge >= 0.3 is 0 Å². The van der Waals surface area contributed by atoms with Gasteiger partial charge in [0.2, 0.25) is 0 Å². The number of nitrogens with one attached hydrogen (secondary N) is 1. The van der Waals surface area contributed by atoms with Crippen LogP contribution in [0.3, 0.4) is 0 Å². The Morgan fingerprint density at radius 2 is 2.55 bits per heavy atom. The highest BCUT2D eigenvalue weighted by atomic mass is 32.1. The first-order valence-corrected chi connectivity index (χ1v) is 4.15. The molecule has 0 unspecified atom stereocenters. The van der Waals surface area contributed by atoms with Gasteiger partial charge in [-0.05, 0) is 11.4 Å². The van der Waals surface area contributed by atoms with Gasteiger partial charge in [0.1, 0.15) is 0 Å². The van der Waals surface area contributed by atoms with Crippen LogP contribution in [0.15, 0.2) is 17.5 Å². The zero-order valence-electron chi connectivity index (χ0n) is 5.91. The standard InChI is InChI=1S/C7H9NO2S/c9-4-3-8-7(10)6-2-1-5-11-6/h1-2,5,9H,3-4H2,(H,8,10). The minimum absolute atomic E-state index is 0.0168. The SMILES string of the molecule is O=C(NCCO)c1cccs1. The van der Waals surface area contributed by atoms with E-state index < -0.39 is 0 Å². The Hall–Kier alpha value is -0.870. The van der Waals surface area contributed by atoms with E-state index in [1.165, 1.54) is 11.3 Å². The molecule has 1 rings (SSSR count). The lowest BCUT2D eigenvalue weighted by Crippen LogP contribution is -2.25. The van der Waals surface area contributed by atoms with Crippen LogP contribution in [0.1, 0.15) is 9.67 Å². The number of carbonyl (C=O) groups is 1. The number of aliphatic hydroxyl groups excluding tert-OH is 1. The van der Waals surface area contributed by atoms with Crippen LogP contribution in [0.5, 0.6) is 0 Å². The number of rotatable bonds is 3. The summed E-state index contributed by atoms with van der Waals surface area (Å²) in [5.74, 6) is -0.117. The Bertz CT molecular complexity index is 220. The zero-order valence-corrected chi connectivity index (χ0v) is 6.73. The van der Waals surface area contributed by atoms with Gasteiger partial charge in [-0.3, -0.25) is 4.79 Å². The molecule has 0 aliphatic heterocycles. The van der Waals surface area contributed by atoms with Crippen molar-refractivity contribution in [1.29, 1.82) is 0 Å². The number of hydrogen-bond donors (Lipinski definition) is 2. The van der Waals surface area contributed by atoms with Crippen LogP contribution in [-0.2, 0) is 0 Å². The minimum atomic E-state index is -0.117. The predicted octanol–water partition coefficient (Wildman–Crippen LogP) is 0.470. The number of thiophene rings is 1. The van der Waals surface area contributed by atoms with E-state index in [9.17, 15) is 4.79 Å².